The van der Waals surface area contributed by atoms with E-state index in [1.807, 2.05) is 5.38 Å². The largest absolute Gasteiger partial charge is 0.391 e. The quantitative estimate of drug-likeness (QED) is 0.724. The van der Waals surface area contributed by atoms with Gasteiger partial charge in [-0.15, -0.1) is 11.3 Å². The van der Waals surface area contributed by atoms with Crippen molar-refractivity contribution < 1.29 is 18.0 Å². The molecule has 0 bridgehead atoms. The number of hydrogen-bond acceptors (Lipinski definition) is 4. The highest BCUT2D eigenvalue weighted by Gasteiger charge is 2.42. The molecule has 1 saturated carbocycles. The fourth-order valence-electron chi connectivity index (χ4n) is 3.53. The van der Waals surface area contributed by atoms with Crippen LogP contribution in [0.25, 0.3) is 10.6 Å². The van der Waals surface area contributed by atoms with Crippen LogP contribution in [0.4, 0.5) is 13.2 Å². The highest BCUT2D eigenvalue weighted by molar-refractivity contribution is 7.13. The third-order valence-electron chi connectivity index (χ3n) is 5.37. The summed E-state index contributed by atoms with van der Waals surface area (Å²) in [6.07, 6.45) is -2.15. The summed E-state index contributed by atoms with van der Waals surface area (Å²) in [5.74, 6) is -1.18. The molecule has 0 atom stereocenters. The van der Waals surface area contributed by atoms with E-state index in [1.165, 1.54) is 16.2 Å². The number of nitriles is 1. The van der Waals surface area contributed by atoms with Crippen molar-refractivity contribution in [2.24, 2.45) is 5.92 Å². The Kier molecular flexibility index (Phi) is 4.88. The lowest BCUT2D eigenvalue weighted by atomic mass is 9.95. The zero-order valence-electron chi connectivity index (χ0n) is 15.0. The predicted octanol–water partition coefficient (Wildman–Crippen LogP) is 4.97. The summed E-state index contributed by atoms with van der Waals surface area (Å²) in [6, 6.07) is 6.87. The van der Waals surface area contributed by atoms with Crippen molar-refractivity contribution in [2.75, 3.05) is 13.1 Å². The Morgan fingerprint density at radius 2 is 1.93 bits per heavy atom. The minimum absolute atomic E-state index is 0.0770. The first-order valence-corrected chi connectivity index (χ1v) is 10.1. The number of carbonyl (C=O) groups is 1. The van der Waals surface area contributed by atoms with E-state index in [0.717, 1.165) is 18.5 Å². The topological polar surface area (TPSA) is 57.0 Å². The van der Waals surface area contributed by atoms with Crippen LogP contribution in [-0.2, 0) is 0 Å². The molecular formula is C20H18F3N3OS. The number of piperidine rings is 1. The average molecular weight is 405 g/mol. The minimum atomic E-state index is -4.21. The summed E-state index contributed by atoms with van der Waals surface area (Å²) >= 11 is 1.43. The van der Waals surface area contributed by atoms with E-state index in [1.54, 1.807) is 18.2 Å². The molecule has 2 heterocycles. The maximum atomic E-state index is 13.0. The van der Waals surface area contributed by atoms with Crippen molar-refractivity contribution in [3.05, 3.63) is 40.4 Å². The maximum absolute atomic E-state index is 13.0. The lowest BCUT2D eigenvalue weighted by Gasteiger charge is -2.33. The van der Waals surface area contributed by atoms with Gasteiger partial charge in [0.2, 0.25) is 0 Å². The van der Waals surface area contributed by atoms with Crippen molar-refractivity contribution in [3.8, 4) is 16.6 Å². The van der Waals surface area contributed by atoms with Gasteiger partial charge < -0.3 is 4.90 Å². The molecule has 1 aliphatic heterocycles. The van der Waals surface area contributed by atoms with Crippen LogP contribution >= 0.6 is 11.3 Å². The highest BCUT2D eigenvalue weighted by atomic mass is 32.1. The minimum Gasteiger partial charge on any atom is -0.339 e. The van der Waals surface area contributed by atoms with Crippen LogP contribution < -0.4 is 0 Å². The molecule has 0 N–H and O–H groups in total. The molecular weight excluding hydrogens is 387 g/mol. The number of rotatable bonds is 3. The summed E-state index contributed by atoms with van der Waals surface area (Å²) in [4.78, 5) is 19.2. The molecule has 8 heteroatoms. The third-order valence-corrected chi connectivity index (χ3v) is 6.27. The molecule has 0 radical (unpaired) electrons. The molecule has 2 fully saturated rings. The van der Waals surface area contributed by atoms with E-state index in [4.69, 9.17) is 0 Å². The Labute approximate surface area is 164 Å². The standard InChI is InChI=1S/C20H18F3N3OS/c21-20(22,23)14-5-7-26(8-6-14)19(27)15-4-1-12(10-24)9-16(15)18-25-17(11-28-18)13-2-3-13/h1,4,9,11,13-14H,2-3,5-8H2. The molecule has 1 saturated heterocycles. The Hall–Kier alpha value is -2.40. The fraction of sp³-hybridized carbons (Fsp3) is 0.450. The Balaban J connectivity index is 1.60. The van der Waals surface area contributed by atoms with Crippen molar-refractivity contribution in [2.45, 2.75) is 37.8 Å². The monoisotopic (exact) mass is 405 g/mol. The van der Waals surface area contributed by atoms with Gasteiger partial charge in [-0.05, 0) is 43.9 Å². The molecule has 0 unspecified atom stereocenters. The van der Waals surface area contributed by atoms with Crippen LogP contribution in [0.5, 0.6) is 0 Å². The van der Waals surface area contributed by atoms with Gasteiger partial charge in [0.25, 0.3) is 5.91 Å². The van der Waals surface area contributed by atoms with Gasteiger partial charge in [-0.2, -0.15) is 18.4 Å². The second-order valence-corrected chi connectivity index (χ2v) is 8.19. The van der Waals surface area contributed by atoms with Gasteiger partial charge in [0, 0.05) is 35.5 Å². The van der Waals surface area contributed by atoms with Crippen LogP contribution in [0, 0.1) is 17.2 Å². The molecule has 1 aromatic heterocycles. The highest BCUT2D eigenvalue weighted by Crippen LogP contribution is 2.42. The average Bonchev–Trinajstić information content (AvgIpc) is 3.43. The van der Waals surface area contributed by atoms with Crippen molar-refractivity contribution in [3.63, 3.8) is 0 Å². The number of halogens is 3. The molecule has 1 aliphatic carbocycles. The second kappa shape index (κ2) is 7.21. The van der Waals surface area contributed by atoms with E-state index >= 15 is 0 Å². The Morgan fingerprint density at radius 3 is 2.54 bits per heavy atom. The van der Waals surface area contributed by atoms with Gasteiger partial charge in [-0.25, -0.2) is 4.98 Å². The number of amides is 1. The third kappa shape index (κ3) is 3.76. The van der Waals surface area contributed by atoms with Gasteiger partial charge >= 0.3 is 6.18 Å². The van der Waals surface area contributed by atoms with E-state index in [0.29, 0.717) is 27.6 Å². The molecule has 0 spiro atoms. The first-order chi connectivity index (χ1) is 13.4. The van der Waals surface area contributed by atoms with E-state index in [-0.39, 0.29) is 31.8 Å². The molecule has 28 heavy (non-hydrogen) atoms. The van der Waals surface area contributed by atoms with E-state index in [2.05, 4.69) is 11.1 Å². The lowest BCUT2D eigenvalue weighted by molar-refractivity contribution is -0.183. The Morgan fingerprint density at radius 1 is 1.21 bits per heavy atom. The fourth-order valence-corrected chi connectivity index (χ4v) is 4.47. The van der Waals surface area contributed by atoms with Crippen LogP contribution in [-0.4, -0.2) is 35.1 Å². The summed E-state index contributed by atoms with van der Waals surface area (Å²) in [6.45, 7) is 0.154. The summed E-state index contributed by atoms with van der Waals surface area (Å²) in [7, 11) is 0. The smallest absolute Gasteiger partial charge is 0.339 e. The molecule has 1 amide bonds. The zero-order chi connectivity index (χ0) is 19.9. The molecule has 1 aromatic carbocycles. The van der Waals surface area contributed by atoms with Crippen molar-refractivity contribution in [1.29, 1.82) is 5.26 Å². The number of benzene rings is 1. The van der Waals surface area contributed by atoms with Crippen molar-refractivity contribution >= 4 is 17.2 Å². The Bertz CT molecular complexity index is 935. The van der Waals surface area contributed by atoms with E-state index < -0.39 is 12.1 Å². The number of thiazole rings is 1. The molecule has 2 aliphatic rings. The number of aromatic nitrogens is 1. The van der Waals surface area contributed by atoms with Gasteiger partial charge in [0.05, 0.1) is 23.2 Å². The summed E-state index contributed by atoms with van der Waals surface area (Å²) < 4.78 is 38.7. The van der Waals surface area contributed by atoms with Gasteiger partial charge in [0.15, 0.2) is 0 Å². The second-order valence-electron chi connectivity index (χ2n) is 7.33. The predicted molar refractivity (Wildman–Crippen MR) is 98.9 cm³/mol. The van der Waals surface area contributed by atoms with Crippen LogP contribution in [0.3, 0.4) is 0 Å². The number of carbonyl (C=O) groups excluding carboxylic acids is 1. The zero-order valence-corrected chi connectivity index (χ0v) is 15.8. The normalized spacial score (nSPS) is 18.1. The van der Waals surface area contributed by atoms with Gasteiger partial charge in [-0.3, -0.25) is 4.79 Å². The molecule has 146 valence electrons. The van der Waals surface area contributed by atoms with Gasteiger partial charge in [0.1, 0.15) is 5.01 Å². The number of likely N-dealkylation sites (tertiary alicyclic amines) is 1. The summed E-state index contributed by atoms with van der Waals surface area (Å²) in [5, 5.41) is 11.9. The maximum Gasteiger partial charge on any atom is 0.391 e. The SMILES string of the molecule is N#Cc1ccc(C(=O)N2CCC(C(F)(F)F)CC2)c(-c2nc(C3CC3)cs2)c1. The van der Waals surface area contributed by atoms with Crippen LogP contribution in [0.1, 0.15) is 53.2 Å². The summed E-state index contributed by atoms with van der Waals surface area (Å²) in [5.41, 5.74) is 2.40. The van der Waals surface area contributed by atoms with Crippen molar-refractivity contribution in [1.82, 2.24) is 9.88 Å². The molecule has 4 rings (SSSR count). The first kappa shape index (κ1) is 18.9. The van der Waals surface area contributed by atoms with Gasteiger partial charge in [-0.1, -0.05) is 0 Å². The van der Waals surface area contributed by atoms with Crippen LogP contribution in [0.15, 0.2) is 23.6 Å². The molecule has 2 aromatic rings. The lowest BCUT2D eigenvalue weighted by Crippen LogP contribution is -2.42. The molecule has 4 nitrogen and oxygen atoms in total. The number of hydrogen-bond donors (Lipinski definition) is 0. The van der Waals surface area contributed by atoms with Crippen LogP contribution in [0.2, 0.25) is 0 Å². The first-order valence-electron chi connectivity index (χ1n) is 9.22. The number of alkyl halides is 3. The number of nitrogens with zero attached hydrogens (tertiary/aromatic N) is 3. The van der Waals surface area contributed by atoms with E-state index in [9.17, 15) is 23.2 Å².